The van der Waals surface area contributed by atoms with Crippen molar-refractivity contribution in [1.29, 1.82) is 5.26 Å². The zero-order chi connectivity index (χ0) is 13.4. The first-order valence-corrected chi connectivity index (χ1v) is 5.25. The Balaban J connectivity index is 2.44. The largest absolute Gasteiger partial charge is 0.481 e. The third-order valence-corrected chi connectivity index (χ3v) is 2.05. The third-order valence-electron chi connectivity index (χ3n) is 2.05. The summed E-state index contributed by atoms with van der Waals surface area (Å²) in [4.78, 5) is 11.3. The fraction of sp³-hybridized carbons (Fsp3) is 0.333. The van der Waals surface area contributed by atoms with E-state index < -0.39 is 5.82 Å². The van der Waals surface area contributed by atoms with E-state index in [4.69, 9.17) is 14.7 Å². The predicted octanol–water partition coefficient (Wildman–Crippen LogP) is 0.839. The standard InChI is InChI=1S/C12H13FN2O3/c1-17-5-4-15-12(16)8-18-11-3-2-9(7-14)6-10(11)13/h2-3,6H,4-5,8H2,1H3,(H,15,16). The fourth-order valence-corrected chi connectivity index (χ4v) is 1.17. The van der Waals surface area contributed by atoms with Crippen LogP contribution in [0.2, 0.25) is 0 Å². The second-order valence-corrected chi connectivity index (χ2v) is 3.39. The highest BCUT2D eigenvalue weighted by Crippen LogP contribution is 2.17. The van der Waals surface area contributed by atoms with Crippen molar-refractivity contribution in [2.75, 3.05) is 26.9 Å². The highest BCUT2D eigenvalue weighted by molar-refractivity contribution is 5.77. The monoisotopic (exact) mass is 252 g/mol. The maximum atomic E-state index is 13.4. The lowest BCUT2D eigenvalue weighted by Gasteiger charge is -2.07. The topological polar surface area (TPSA) is 71.3 Å². The molecule has 0 unspecified atom stereocenters. The van der Waals surface area contributed by atoms with Gasteiger partial charge in [0.05, 0.1) is 18.2 Å². The molecule has 1 aromatic carbocycles. The molecule has 1 rings (SSSR count). The number of ether oxygens (including phenoxy) is 2. The predicted molar refractivity (Wildman–Crippen MR) is 61.5 cm³/mol. The molecular formula is C12H13FN2O3. The normalized spacial score (nSPS) is 9.61. The molecule has 0 saturated carbocycles. The Hall–Kier alpha value is -2.13. The van der Waals surface area contributed by atoms with Gasteiger partial charge in [0.25, 0.3) is 5.91 Å². The molecular weight excluding hydrogens is 239 g/mol. The molecule has 1 amide bonds. The van der Waals surface area contributed by atoms with Crippen LogP contribution in [0.5, 0.6) is 5.75 Å². The van der Waals surface area contributed by atoms with E-state index in [9.17, 15) is 9.18 Å². The van der Waals surface area contributed by atoms with Gasteiger partial charge >= 0.3 is 0 Å². The Kier molecular flexibility index (Phi) is 5.61. The molecule has 0 fully saturated rings. The molecule has 0 aliphatic heterocycles. The summed E-state index contributed by atoms with van der Waals surface area (Å²) >= 11 is 0. The molecule has 0 spiro atoms. The van der Waals surface area contributed by atoms with Crippen molar-refractivity contribution < 1.29 is 18.7 Å². The van der Waals surface area contributed by atoms with Crippen LogP contribution in [0.4, 0.5) is 4.39 Å². The summed E-state index contributed by atoms with van der Waals surface area (Å²) in [6, 6.07) is 5.59. The highest BCUT2D eigenvalue weighted by Gasteiger charge is 2.07. The molecule has 0 aromatic heterocycles. The molecule has 0 radical (unpaired) electrons. The van der Waals surface area contributed by atoms with Crippen molar-refractivity contribution in [3.8, 4) is 11.8 Å². The van der Waals surface area contributed by atoms with Gasteiger partial charge in [-0.1, -0.05) is 0 Å². The zero-order valence-electron chi connectivity index (χ0n) is 9.90. The van der Waals surface area contributed by atoms with Crippen molar-refractivity contribution in [2.45, 2.75) is 0 Å². The molecule has 0 heterocycles. The lowest BCUT2D eigenvalue weighted by molar-refractivity contribution is -0.123. The smallest absolute Gasteiger partial charge is 0.258 e. The number of hydrogen-bond acceptors (Lipinski definition) is 4. The SMILES string of the molecule is COCCNC(=O)COc1ccc(C#N)cc1F. The molecule has 96 valence electrons. The van der Waals surface area contributed by atoms with Gasteiger partial charge in [-0.2, -0.15) is 5.26 Å². The van der Waals surface area contributed by atoms with Gasteiger partial charge in [-0.25, -0.2) is 4.39 Å². The molecule has 0 saturated heterocycles. The molecule has 0 aliphatic carbocycles. The second-order valence-electron chi connectivity index (χ2n) is 3.39. The number of hydrogen-bond donors (Lipinski definition) is 1. The summed E-state index contributed by atoms with van der Waals surface area (Å²) in [5, 5.41) is 11.1. The van der Waals surface area contributed by atoms with Gasteiger partial charge in [0.15, 0.2) is 18.2 Å². The minimum atomic E-state index is -0.668. The molecule has 6 heteroatoms. The van der Waals surface area contributed by atoms with Gasteiger partial charge in [0.2, 0.25) is 0 Å². The van der Waals surface area contributed by atoms with Crippen LogP contribution in [0.15, 0.2) is 18.2 Å². The average molecular weight is 252 g/mol. The van der Waals surface area contributed by atoms with E-state index in [1.165, 1.54) is 19.2 Å². The zero-order valence-corrected chi connectivity index (χ0v) is 9.90. The Labute approximate surface area is 104 Å². The van der Waals surface area contributed by atoms with Crippen molar-refractivity contribution >= 4 is 5.91 Å². The molecule has 0 aliphatic rings. The van der Waals surface area contributed by atoms with Crippen molar-refractivity contribution in [2.24, 2.45) is 0 Å². The Morgan fingerprint density at radius 1 is 1.56 bits per heavy atom. The first kappa shape index (κ1) is 13.9. The van der Waals surface area contributed by atoms with Crippen LogP contribution in [0.3, 0.4) is 0 Å². The van der Waals surface area contributed by atoms with Crippen LogP contribution in [0, 0.1) is 17.1 Å². The van der Waals surface area contributed by atoms with Crippen LogP contribution in [0.25, 0.3) is 0 Å². The lowest BCUT2D eigenvalue weighted by Crippen LogP contribution is -2.31. The summed E-state index contributed by atoms with van der Waals surface area (Å²) in [5.41, 5.74) is 0.199. The maximum Gasteiger partial charge on any atom is 0.258 e. The number of halogens is 1. The van der Waals surface area contributed by atoms with Crippen LogP contribution in [-0.2, 0) is 9.53 Å². The Morgan fingerprint density at radius 3 is 2.94 bits per heavy atom. The van der Waals surface area contributed by atoms with E-state index in [2.05, 4.69) is 5.32 Å². The summed E-state index contributed by atoms with van der Waals surface area (Å²) < 4.78 is 23.1. The van der Waals surface area contributed by atoms with E-state index in [-0.39, 0.29) is 23.8 Å². The number of amides is 1. The van der Waals surface area contributed by atoms with Crippen molar-refractivity contribution in [3.63, 3.8) is 0 Å². The third kappa shape index (κ3) is 4.39. The lowest BCUT2D eigenvalue weighted by atomic mass is 10.2. The van der Waals surface area contributed by atoms with E-state index in [1.54, 1.807) is 6.07 Å². The minimum absolute atomic E-state index is 0.0594. The van der Waals surface area contributed by atoms with Gasteiger partial charge in [-0.15, -0.1) is 0 Å². The molecule has 18 heavy (non-hydrogen) atoms. The quantitative estimate of drug-likeness (QED) is 0.761. The van der Waals surface area contributed by atoms with Gasteiger partial charge in [0, 0.05) is 13.7 Å². The first-order chi connectivity index (χ1) is 8.67. The average Bonchev–Trinajstić information content (AvgIpc) is 2.37. The highest BCUT2D eigenvalue weighted by atomic mass is 19.1. The second kappa shape index (κ2) is 7.25. The Morgan fingerprint density at radius 2 is 2.33 bits per heavy atom. The van der Waals surface area contributed by atoms with Crippen LogP contribution >= 0.6 is 0 Å². The Bertz CT molecular complexity index is 457. The van der Waals surface area contributed by atoms with E-state index in [0.717, 1.165) is 6.07 Å². The van der Waals surface area contributed by atoms with Crippen molar-refractivity contribution in [3.05, 3.63) is 29.6 Å². The number of carbonyl (C=O) groups excluding carboxylic acids is 1. The maximum absolute atomic E-state index is 13.4. The number of nitrogens with one attached hydrogen (secondary N) is 1. The molecule has 0 atom stereocenters. The summed E-state index contributed by atoms with van der Waals surface area (Å²) in [6.45, 7) is 0.484. The van der Waals surface area contributed by atoms with E-state index in [0.29, 0.717) is 13.2 Å². The van der Waals surface area contributed by atoms with Gasteiger partial charge in [-0.05, 0) is 18.2 Å². The molecule has 1 aromatic rings. The molecule has 1 N–H and O–H groups in total. The van der Waals surface area contributed by atoms with E-state index >= 15 is 0 Å². The van der Waals surface area contributed by atoms with Gasteiger partial charge < -0.3 is 14.8 Å². The van der Waals surface area contributed by atoms with Crippen LogP contribution in [0.1, 0.15) is 5.56 Å². The summed E-state index contributed by atoms with van der Waals surface area (Å²) in [6.07, 6.45) is 0. The molecule has 5 nitrogen and oxygen atoms in total. The number of rotatable bonds is 6. The number of nitriles is 1. The fourth-order valence-electron chi connectivity index (χ4n) is 1.17. The summed E-state index contributed by atoms with van der Waals surface area (Å²) in [5.74, 6) is -1.09. The minimum Gasteiger partial charge on any atom is -0.481 e. The van der Waals surface area contributed by atoms with E-state index in [1.807, 2.05) is 0 Å². The first-order valence-electron chi connectivity index (χ1n) is 5.25. The number of carbonyl (C=O) groups is 1. The van der Waals surface area contributed by atoms with Crippen LogP contribution < -0.4 is 10.1 Å². The number of methoxy groups -OCH3 is 1. The molecule has 0 bridgehead atoms. The van der Waals surface area contributed by atoms with Gasteiger partial charge in [-0.3, -0.25) is 4.79 Å². The number of benzene rings is 1. The number of nitrogens with zero attached hydrogens (tertiary/aromatic N) is 1. The summed E-state index contributed by atoms with van der Waals surface area (Å²) in [7, 11) is 1.52. The van der Waals surface area contributed by atoms with Gasteiger partial charge in [0.1, 0.15) is 0 Å². The van der Waals surface area contributed by atoms with Crippen molar-refractivity contribution in [1.82, 2.24) is 5.32 Å². The van der Waals surface area contributed by atoms with Crippen LogP contribution in [-0.4, -0.2) is 32.8 Å².